The predicted octanol–water partition coefficient (Wildman–Crippen LogP) is 5.48. The lowest BCUT2D eigenvalue weighted by Gasteiger charge is -2.22. The minimum absolute atomic E-state index is 0.395. The van der Waals surface area contributed by atoms with Crippen LogP contribution in [0.15, 0.2) is 30.4 Å². The molecule has 20 heavy (non-hydrogen) atoms. The topological polar surface area (TPSA) is 20.2 Å². The van der Waals surface area contributed by atoms with Crippen LogP contribution >= 0.6 is 0 Å². The van der Waals surface area contributed by atoms with E-state index < -0.39 is 0 Å². The molecule has 0 saturated carbocycles. The van der Waals surface area contributed by atoms with E-state index in [2.05, 4.69) is 37.3 Å². The molecule has 0 radical (unpaired) electrons. The minimum Gasteiger partial charge on any atom is -0.507 e. The SMILES string of the molecule is Cc1cc(C2=CCCCC2)c(O)c(C2C=CCCC2)c1. The van der Waals surface area contributed by atoms with E-state index in [1.165, 1.54) is 36.8 Å². The molecule has 0 aromatic heterocycles. The van der Waals surface area contributed by atoms with Gasteiger partial charge in [0.15, 0.2) is 0 Å². The Hall–Kier alpha value is -1.50. The van der Waals surface area contributed by atoms with Crippen LogP contribution in [0.2, 0.25) is 0 Å². The Morgan fingerprint density at radius 3 is 2.70 bits per heavy atom. The smallest absolute Gasteiger partial charge is 0.126 e. The lowest BCUT2D eigenvalue weighted by Crippen LogP contribution is -2.03. The number of rotatable bonds is 2. The molecule has 0 bridgehead atoms. The largest absolute Gasteiger partial charge is 0.507 e. The summed E-state index contributed by atoms with van der Waals surface area (Å²) in [6, 6.07) is 4.32. The van der Waals surface area contributed by atoms with Crippen LogP contribution in [0.25, 0.3) is 5.57 Å². The summed E-state index contributed by atoms with van der Waals surface area (Å²) < 4.78 is 0. The summed E-state index contributed by atoms with van der Waals surface area (Å²) in [5, 5.41) is 10.7. The monoisotopic (exact) mass is 268 g/mol. The number of hydrogen-bond donors (Lipinski definition) is 1. The molecular formula is C19H24O. The average Bonchev–Trinajstić information content (AvgIpc) is 2.51. The highest BCUT2D eigenvalue weighted by Gasteiger charge is 2.19. The Bertz CT molecular complexity index is 551. The van der Waals surface area contributed by atoms with E-state index in [1.54, 1.807) is 0 Å². The molecule has 0 saturated heterocycles. The van der Waals surface area contributed by atoms with Gasteiger partial charge in [-0.05, 0) is 69.1 Å². The van der Waals surface area contributed by atoms with Crippen molar-refractivity contribution in [3.05, 3.63) is 47.1 Å². The molecule has 1 heteroatoms. The first-order valence-electron chi connectivity index (χ1n) is 7.95. The summed E-state index contributed by atoms with van der Waals surface area (Å²) in [6.45, 7) is 2.14. The van der Waals surface area contributed by atoms with Crippen LogP contribution in [0.3, 0.4) is 0 Å². The maximum atomic E-state index is 10.7. The second-order valence-electron chi connectivity index (χ2n) is 6.19. The molecule has 3 rings (SSSR count). The van der Waals surface area contributed by atoms with Gasteiger partial charge in [-0.2, -0.15) is 0 Å². The Morgan fingerprint density at radius 2 is 2.00 bits per heavy atom. The molecule has 1 N–H and O–H groups in total. The Balaban J connectivity index is 2.03. The standard InChI is InChI=1S/C19H24O/c1-14-12-17(15-8-4-2-5-9-15)19(20)18(13-14)16-10-6-3-7-11-16/h4,8,10,12-13,15,20H,2-3,5-7,9,11H2,1H3. The number of benzene rings is 1. The molecule has 106 valence electrons. The van der Waals surface area contributed by atoms with Gasteiger partial charge in [0.2, 0.25) is 0 Å². The Labute approximate surface area is 122 Å². The quantitative estimate of drug-likeness (QED) is 0.704. The van der Waals surface area contributed by atoms with E-state index in [0.717, 1.165) is 30.4 Å². The van der Waals surface area contributed by atoms with Gasteiger partial charge in [0.05, 0.1) is 0 Å². The molecule has 1 atom stereocenters. The van der Waals surface area contributed by atoms with Crippen LogP contribution in [0, 0.1) is 6.92 Å². The van der Waals surface area contributed by atoms with Crippen molar-refractivity contribution in [2.75, 3.05) is 0 Å². The summed E-state index contributed by atoms with van der Waals surface area (Å²) in [6.07, 6.45) is 15.2. The van der Waals surface area contributed by atoms with E-state index in [-0.39, 0.29) is 0 Å². The van der Waals surface area contributed by atoms with Crippen LogP contribution in [0.5, 0.6) is 5.75 Å². The number of phenolic OH excluding ortho intramolecular Hbond substituents is 1. The van der Waals surface area contributed by atoms with Crippen molar-refractivity contribution in [2.45, 2.75) is 57.8 Å². The van der Waals surface area contributed by atoms with Crippen molar-refractivity contribution >= 4 is 5.57 Å². The number of allylic oxidation sites excluding steroid dienone is 4. The molecular weight excluding hydrogens is 244 g/mol. The molecule has 2 aliphatic rings. The molecule has 1 nitrogen and oxygen atoms in total. The first kappa shape index (κ1) is 13.5. The van der Waals surface area contributed by atoms with Gasteiger partial charge in [0.1, 0.15) is 5.75 Å². The maximum Gasteiger partial charge on any atom is 0.126 e. The molecule has 1 unspecified atom stereocenters. The third kappa shape index (κ3) is 2.67. The van der Waals surface area contributed by atoms with E-state index in [9.17, 15) is 5.11 Å². The predicted molar refractivity (Wildman–Crippen MR) is 85.0 cm³/mol. The van der Waals surface area contributed by atoms with Gasteiger partial charge in [-0.3, -0.25) is 0 Å². The van der Waals surface area contributed by atoms with Gasteiger partial charge in [-0.25, -0.2) is 0 Å². The van der Waals surface area contributed by atoms with Gasteiger partial charge in [-0.1, -0.05) is 24.3 Å². The second-order valence-corrected chi connectivity index (χ2v) is 6.19. The van der Waals surface area contributed by atoms with Crippen molar-refractivity contribution in [2.24, 2.45) is 0 Å². The first-order chi connectivity index (χ1) is 9.75. The van der Waals surface area contributed by atoms with Crippen LogP contribution in [0.1, 0.15) is 67.6 Å². The van der Waals surface area contributed by atoms with E-state index in [1.807, 2.05) is 0 Å². The zero-order valence-electron chi connectivity index (χ0n) is 12.4. The molecule has 0 heterocycles. The van der Waals surface area contributed by atoms with Crippen LogP contribution < -0.4 is 0 Å². The normalized spacial score (nSPS) is 22.6. The van der Waals surface area contributed by atoms with Gasteiger partial charge >= 0.3 is 0 Å². The fraction of sp³-hybridized carbons (Fsp3) is 0.474. The fourth-order valence-electron chi connectivity index (χ4n) is 3.49. The molecule has 1 aromatic carbocycles. The highest BCUT2D eigenvalue weighted by Crippen LogP contribution is 2.40. The van der Waals surface area contributed by atoms with Crippen molar-refractivity contribution in [3.63, 3.8) is 0 Å². The lowest BCUT2D eigenvalue weighted by molar-refractivity contribution is 0.459. The molecule has 0 spiro atoms. The second kappa shape index (κ2) is 5.87. The van der Waals surface area contributed by atoms with Crippen LogP contribution in [0.4, 0.5) is 0 Å². The van der Waals surface area contributed by atoms with Crippen molar-refractivity contribution < 1.29 is 5.11 Å². The van der Waals surface area contributed by atoms with Crippen molar-refractivity contribution in [1.29, 1.82) is 0 Å². The molecule has 0 aliphatic heterocycles. The zero-order valence-corrected chi connectivity index (χ0v) is 12.4. The number of hydrogen-bond acceptors (Lipinski definition) is 1. The first-order valence-corrected chi connectivity index (χ1v) is 7.95. The summed E-state index contributed by atoms with van der Waals surface area (Å²) in [7, 11) is 0. The molecule has 1 aromatic rings. The average molecular weight is 268 g/mol. The van der Waals surface area contributed by atoms with Crippen molar-refractivity contribution in [3.8, 4) is 5.75 Å². The molecule has 0 amide bonds. The molecule has 0 fully saturated rings. The number of phenols is 1. The molecule has 2 aliphatic carbocycles. The zero-order chi connectivity index (χ0) is 13.9. The number of aryl methyl sites for hydroxylation is 1. The third-order valence-electron chi connectivity index (χ3n) is 4.57. The van der Waals surface area contributed by atoms with Gasteiger partial charge in [-0.15, -0.1) is 0 Å². The van der Waals surface area contributed by atoms with E-state index in [0.29, 0.717) is 11.7 Å². The van der Waals surface area contributed by atoms with Gasteiger partial charge in [0, 0.05) is 17.0 Å². The fourth-order valence-corrected chi connectivity index (χ4v) is 3.49. The lowest BCUT2D eigenvalue weighted by atomic mass is 9.84. The van der Waals surface area contributed by atoms with Crippen molar-refractivity contribution in [1.82, 2.24) is 0 Å². The van der Waals surface area contributed by atoms with Gasteiger partial charge in [0.25, 0.3) is 0 Å². The number of aromatic hydroxyl groups is 1. The highest BCUT2D eigenvalue weighted by molar-refractivity contribution is 5.73. The maximum absolute atomic E-state index is 10.7. The summed E-state index contributed by atoms with van der Waals surface area (Å²) in [5.74, 6) is 0.923. The minimum atomic E-state index is 0.395. The van der Waals surface area contributed by atoms with Crippen LogP contribution in [-0.2, 0) is 0 Å². The Kier molecular flexibility index (Phi) is 3.95. The van der Waals surface area contributed by atoms with Gasteiger partial charge < -0.3 is 5.11 Å². The van der Waals surface area contributed by atoms with Crippen LogP contribution in [-0.4, -0.2) is 5.11 Å². The highest BCUT2D eigenvalue weighted by atomic mass is 16.3. The summed E-state index contributed by atoms with van der Waals surface area (Å²) in [4.78, 5) is 0. The Morgan fingerprint density at radius 1 is 1.10 bits per heavy atom. The van der Waals surface area contributed by atoms with E-state index >= 15 is 0 Å². The third-order valence-corrected chi connectivity index (χ3v) is 4.57. The summed E-state index contributed by atoms with van der Waals surface area (Å²) >= 11 is 0. The summed E-state index contributed by atoms with van der Waals surface area (Å²) in [5.41, 5.74) is 4.82. The van der Waals surface area contributed by atoms with E-state index in [4.69, 9.17) is 0 Å².